The first-order valence-corrected chi connectivity index (χ1v) is 13.1. The summed E-state index contributed by atoms with van der Waals surface area (Å²) in [5.74, 6) is 0.527. The van der Waals surface area contributed by atoms with E-state index < -0.39 is 12.3 Å². The molecule has 2 heteroatoms. The summed E-state index contributed by atoms with van der Waals surface area (Å²) >= 11 is 0. The van der Waals surface area contributed by atoms with Gasteiger partial charge in [-0.2, -0.15) is 0 Å². The van der Waals surface area contributed by atoms with Crippen molar-refractivity contribution in [2.24, 2.45) is 5.92 Å². The average Bonchev–Trinajstić information content (AvgIpc) is 2.69. The second-order valence-electron chi connectivity index (χ2n) is 9.56. The molecule has 3 unspecified atom stereocenters. The van der Waals surface area contributed by atoms with Gasteiger partial charge < -0.3 is 5.11 Å². The Balaban J connectivity index is 1.70. The highest BCUT2D eigenvalue weighted by Crippen LogP contribution is 2.30. The second-order valence-corrected chi connectivity index (χ2v) is 9.56. The zero-order valence-electron chi connectivity index (χ0n) is 19.1. The van der Waals surface area contributed by atoms with Gasteiger partial charge in [0.1, 0.15) is 6.17 Å². The summed E-state index contributed by atoms with van der Waals surface area (Å²) in [5, 5.41) is 9.45. The summed E-state index contributed by atoms with van der Waals surface area (Å²) in [5.41, 5.74) is 0. The minimum Gasteiger partial charge on any atom is -0.390 e. The lowest BCUT2D eigenvalue weighted by Gasteiger charge is -2.28. The van der Waals surface area contributed by atoms with Crippen LogP contribution in [0.25, 0.3) is 0 Å². The number of aliphatic hydroxyl groups excluding tert-OH is 1. The van der Waals surface area contributed by atoms with Crippen LogP contribution < -0.4 is 0 Å². The maximum absolute atomic E-state index is 13.5. The molecule has 0 bridgehead atoms. The average molecular weight is 399 g/mol. The van der Waals surface area contributed by atoms with Crippen LogP contribution in [0.5, 0.6) is 0 Å². The molecule has 0 aliphatic heterocycles. The van der Waals surface area contributed by atoms with E-state index in [9.17, 15) is 9.50 Å². The van der Waals surface area contributed by atoms with Gasteiger partial charge in [0.15, 0.2) is 0 Å². The van der Waals surface area contributed by atoms with Crippen LogP contribution in [0.2, 0.25) is 0 Å². The van der Waals surface area contributed by atoms with E-state index in [1.54, 1.807) is 0 Å². The van der Waals surface area contributed by atoms with Crippen molar-refractivity contribution in [2.75, 3.05) is 0 Å². The van der Waals surface area contributed by atoms with Crippen molar-refractivity contribution >= 4 is 0 Å². The van der Waals surface area contributed by atoms with E-state index in [-0.39, 0.29) is 0 Å². The van der Waals surface area contributed by atoms with E-state index in [4.69, 9.17) is 0 Å². The fraction of sp³-hybridized carbons (Fsp3) is 1.00. The summed E-state index contributed by atoms with van der Waals surface area (Å²) < 4.78 is 13.5. The van der Waals surface area contributed by atoms with E-state index in [1.807, 2.05) is 0 Å². The second kappa shape index (κ2) is 18.9. The van der Waals surface area contributed by atoms with Crippen LogP contribution >= 0.6 is 0 Å². The minimum atomic E-state index is -0.964. The summed E-state index contributed by atoms with van der Waals surface area (Å²) in [7, 11) is 0. The lowest BCUT2D eigenvalue weighted by atomic mass is 9.83. The quantitative estimate of drug-likeness (QED) is 0.215. The fourth-order valence-electron chi connectivity index (χ4n) is 4.78. The number of halogens is 1. The van der Waals surface area contributed by atoms with Gasteiger partial charge in [-0.15, -0.1) is 0 Å². The Morgan fingerprint density at radius 2 is 1.00 bits per heavy atom. The van der Waals surface area contributed by atoms with Crippen LogP contribution in [0.4, 0.5) is 4.39 Å². The van der Waals surface area contributed by atoms with Gasteiger partial charge in [-0.1, -0.05) is 129 Å². The molecule has 1 aliphatic rings. The topological polar surface area (TPSA) is 20.2 Å². The van der Waals surface area contributed by atoms with Gasteiger partial charge in [0.25, 0.3) is 0 Å². The predicted octanol–water partition coefficient (Wildman–Crippen LogP) is 8.92. The Hall–Kier alpha value is -0.110. The Morgan fingerprint density at radius 1 is 0.607 bits per heavy atom. The van der Waals surface area contributed by atoms with Crippen molar-refractivity contribution in [3.05, 3.63) is 0 Å². The van der Waals surface area contributed by atoms with Crippen LogP contribution in [0.3, 0.4) is 0 Å². The summed E-state index contributed by atoms with van der Waals surface area (Å²) in [6.45, 7) is 2.29. The number of unbranched alkanes of at least 4 members (excludes halogenated alkanes) is 17. The summed E-state index contributed by atoms with van der Waals surface area (Å²) in [4.78, 5) is 0. The first-order chi connectivity index (χ1) is 13.7. The third-order valence-electron chi connectivity index (χ3n) is 6.81. The summed E-state index contributed by atoms with van der Waals surface area (Å²) in [6.07, 6.45) is 27.2. The number of hydrogen-bond donors (Lipinski definition) is 1. The molecule has 1 fully saturated rings. The molecule has 1 nitrogen and oxygen atoms in total. The van der Waals surface area contributed by atoms with Gasteiger partial charge >= 0.3 is 0 Å². The molecule has 1 aliphatic carbocycles. The molecular weight excluding hydrogens is 347 g/mol. The van der Waals surface area contributed by atoms with Gasteiger partial charge in [0.2, 0.25) is 0 Å². The Kier molecular flexibility index (Phi) is 17.5. The molecule has 0 amide bonds. The minimum absolute atomic E-state index is 0.527. The monoisotopic (exact) mass is 398 g/mol. The zero-order chi connectivity index (χ0) is 20.3. The maximum Gasteiger partial charge on any atom is 0.126 e. The van der Waals surface area contributed by atoms with Crippen LogP contribution in [0.15, 0.2) is 0 Å². The third kappa shape index (κ3) is 14.8. The van der Waals surface area contributed by atoms with Crippen LogP contribution in [-0.2, 0) is 0 Å². The molecule has 28 heavy (non-hydrogen) atoms. The molecule has 0 radical (unpaired) electrons. The smallest absolute Gasteiger partial charge is 0.126 e. The van der Waals surface area contributed by atoms with Crippen LogP contribution in [-0.4, -0.2) is 17.4 Å². The van der Waals surface area contributed by atoms with Gasteiger partial charge in [-0.05, 0) is 25.2 Å². The summed E-state index contributed by atoms with van der Waals surface area (Å²) in [6, 6.07) is 0. The molecule has 0 aromatic carbocycles. The first kappa shape index (κ1) is 25.9. The van der Waals surface area contributed by atoms with Crippen molar-refractivity contribution in [3.63, 3.8) is 0 Å². The highest BCUT2D eigenvalue weighted by atomic mass is 19.1. The SMILES string of the molecule is CCCCCCCCCCCCCCCCCCCCC1CCC(O)C(F)C1. The van der Waals surface area contributed by atoms with E-state index in [2.05, 4.69) is 6.92 Å². The molecule has 168 valence electrons. The molecular formula is C26H51FO. The standard InChI is InChI=1S/C26H51FO/c1-2-3-4-5-6-7-8-9-10-11-12-13-14-15-16-17-18-19-20-24-21-22-26(28)25(27)23-24/h24-26,28H,2-23H2,1H3. The van der Waals surface area contributed by atoms with Gasteiger partial charge in [-0.3, -0.25) is 0 Å². The van der Waals surface area contributed by atoms with E-state index >= 15 is 0 Å². The van der Waals surface area contributed by atoms with E-state index in [0.717, 1.165) is 6.42 Å². The molecule has 0 heterocycles. The lowest BCUT2D eigenvalue weighted by Crippen LogP contribution is -2.30. The Labute approximate surface area is 176 Å². The van der Waals surface area contributed by atoms with Gasteiger partial charge in [-0.25, -0.2) is 4.39 Å². The first-order valence-electron chi connectivity index (χ1n) is 13.1. The van der Waals surface area contributed by atoms with E-state index in [0.29, 0.717) is 18.8 Å². The van der Waals surface area contributed by atoms with Crippen molar-refractivity contribution in [1.82, 2.24) is 0 Å². The zero-order valence-corrected chi connectivity index (χ0v) is 19.1. The number of aliphatic hydroxyl groups is 1. The molecule has 1 saturated carbocycles. The van der Waals surface area contributed by atoms with Crippen molar-refractivity contribution < 1.29 is 9.50 Å². The van der Waals surface area contributed by atoms with Crippen LogP contribution in [0.1, 0.15) is 148 Å². The largest absolute Gasteiger partial charge is 0.390 e. The normalized spacial score (nSPS) is 22.6. The maximum atomic E-state index is 13.5. The van der Waals surface area contributed by atoms with Crippen molar-refractivity contribution in [3.8, 4) is 0 Å². The molecule has 0 aromatic rings. The Bertz CT molecular complexity index is 320. The highest BCUT2D eigenvalue weighted by molar-refractivity contribution is 4.79. The predicted molar refractivity (Wildman–Crippen MR) is 122 cm³/mol. The van der Waals surface area contributed by atoms with Crippen LogP contribution in [0, 0.1) is 5.92 Å². The number of alkyl halides is 1. The number of rotatable bonds is 19. The fourth-order valence-corrected chi connectivity index (χ4v) is 4.78. The van der Waals surface area contributed by atoms with Crippen molar-refractivity contribution in [2.45, 2.75) is 160 Å². The van der Waals surface area contributed by atoms with Gasteiger partial charge in [0, 0.05) is 0 Å². The molecule has 0 saturated heterocycles. The molecule has 1 N–H and O–H groups in total. The molecule has 0 aromatic heterocycles. The molecule has 1 rings (SSSR count). The van der Waals surface area contributed by atoms with E-state index in [1.165, 1.54) is 122 Å². The van der Waals surface area contributed by atoms with Crippen molar-refractivity contribution in [1.29, 1.82) is 0 Å². The third-order valence-corrected chi connectivity index (χ3v) is 6.81. The van der Waals surface area contributed by atoms with Gasteiger partial charge in [0.05, 0.1) is 6.10 Å². The number of hydrogen-bond acceptors (Lipinski definition) is 1. The molecule has 0 spiro atoms. The highest BCUT2D eigenvalue weighted by Gasteiger charge is 2.28. The lowest BCUT2D eigenvalue weighted by molar-refractivity contribution is 0.0225. The Morgan fingerprint density at radius 3 is 1.39 bits per heavy atom. The molecule has 3 atom stereocenters.